The maximum Gasteiger partial charge on any atom is 0.0408 e. The predicted octanol–water partition coefficient (Wildman–Crippen LogP) is 4.74. The van der Waals surface area contributed by atoms with E-state index in [0.717, 1.165) is 17.9 Å². The summed E-state index contributed by atoms with van der Waals surface area (Å²) in [5.74, 6) is 0. The third kappa shape index (κ3) is 3.34. The number of halogens is 1. The van der Waals surface area contributed by atoms with Crippen molar-refractivity contribution in [3.8, 4) is 0 Å². The zero-order valence-corrected chi connectivity index (χ0v) is 11.1. The number of aryl methyl sites for hydroxylation is 4. The van der Waals surface area contributed by atoms with Crippen molar-refractivity contribution >= 4 is 11.6 Å². The van der Waals surface area contributed by atoms with Crippen LogP contribution in [0.2, 0.25) is 5.02 Å². The molecule has 0 saturated heterocycles. The highest BCUT2D eigenvalue weighted by Gasteiger charge is 2.00. The molecule has 0 nitrogen and oxygen atoms in total. The lowest BCUT2D eigenvalue weighted by molar-refractivity contribution is 0.948. The number of hydrogen-bond acceptors (Lipinski definition) is 0. The van der Waals surface area contributed by atoms with Crippen LogP contribution in [-0.4, -0.2) is 0 Å². The molecule has 88 valence electrons. The molecular formula is C16H17Cl. The summed E-state index contributed by atoms with van der Waals surface area (Å²) in [6, 6.07) is 14.9. The molecular weight excluding hydrogens is 228 g/mol. The first-order valence-corrected chi connectivity index (χ1v) is 6.33. The van der Waals surface area contributed by atoms with Crippen molar-refractivity contribution in [3.05, 3.63) is 69.7 Å². The van der Waals surface area contributed by atoms with Crippen molar-refractivity contribution in [2.75, 3.05) is 0 Å². The van der Waals surface area contributed by atoms with E-state index in [1.54, 1.807) is 0 Å². The summed E-state index contributed by atoms with van der Waals surface area (Å²) < 4.78 is 0. The quantitative estimate of drug-likeness (QED) is 0.732. The van der Waals surface area contributed by atoms with Gasteiger partial charge in [-0.05, 0) is 55.5 Å². The van der Waals surface area contributed by atoms with Gasteiger partial charge >= 0.3 is 0 Å². The van der Waals surface area contributed by atoms with Gasteiger partial charge in [0.1, 0.15) is 0 Å². The first kappa shape index (κ1) is 12.2. The van der Waals surface area contributed by atoms with Gasteiger partial charge in [0.15, 0.2) is 0 Å². The molecule has 0 unspecified atom stereocenters. The monoisotopic (exact) mass is 244 g/mol. The predicted molar refractivity (Wildman–Crippen MR) is 74.8 cm³/mol. The normalized spacial score (nSPS) is 10.5. The molecule has 0 bridgehead atoms. The lowest BCUT2D eigenvalue weighted by Gasteiger charge is -2.07. The largest absolute Gasteiger partial charge is 0.0843 e. The van der Waals surface area contributed by atoms with Crippen molar-refractivity contribution in [1.29, 1.82) is 0 Å². The van der Waals surface area contributed by atoms with Crippen LogP contribution >= 0.6 is 11.6 Å². The molecule has 17 heavy (non-hydrogen) atoms. The van der Waals surface area contributed by atoms with E-state index in [2.05, 4.69) is 50.2 Å². The van der Waals surface area contributed by atoms with E-state index in [1.807, 2.05) is 6.07 Å². The zero-order valence-electron chi connectivity index (χ0n) is 10.3. The second-order valence-electron chi connectivity index (χ2n) is 4.56. The van der Waals surface area contributed by atoms with Gasteiger partial charge in [0.05, 0.1) is 0 Å². The smallest absolute Gasteiger partial charge is 0.0408 e. The summed E-state index contributed by atoms with van der Waals surface area (Å²) in [6.07, 6.45) is 2.12. The Morgan fingerprint density at radius 2 is 1.59 bits per heavy atom. The maximum atomic E-state index is 6.02. The minimum Gasteiger partial charge on any atom is -0.0843 e. The van der Waals surface area contributed by atoms with E-state index in [4.69, 9.17) is 11.6 Å². The van der Waals surface area contributed by atoms with Gasteiger partial charge in [-0.2, -0.15) is 0 Å². The molecule has 2 aromatic rings. The summed E-state index contributed by atoms with van der Waals surface area (Å²) in [6.45, 7) is 4.26. The van der Waals surface area contributed by atoms with Crippen LogP contribution in [0.15, 0.2) is 42.5 Å². The second kappa shape index (κ2) is 5.37. The minimum atomic E-state index is 0.828. The first-order valence-electron chi connectivity index (χ1n) is 5.96. The highest BCUT2D eigenvalue weighted by Crippen LogP contribution is 2.17. The average Bonchev–Trinajstić information content (AvgIpc) is 2.32. The molecule has 0 aromatic heterocycles. The lowest BCUT2D eigenvalue weighted by atomic mass is 10.0. The van der Waals surface area contributed by atoms with Crippen molar-refractivity contribution < 1.29 is 0 Å². The molecule has 0 saturated carbocycles. The molecule has 0 heterocycles. The van der Waals surface area contributed by atoms with Crippen LogP contribution in [0.4, 0.5) is 0 Å². The summed E-state index contributed by atoms with van der Waals surface area (Å²) in [5.41, 5.74) is 5.36. The Morgan fingerprint density at radius 3 is 2.29 bits per heavy atom. The van der Waals surface area contributed by atoms with Crippen LogP contribution in [0.3, 0.4) is 0 Å². The van der Waals surface area contributed by atoms with Crippen LogP contribution in [0, 0.1) is 13.8 Å². The second-order valence-corrected chi connectivity index (χ2v) is 4.99. The third-order valence-electron chi connectivity index (χ3n) is 3.11. The summed E-state index contributed by atoms with van der Waals surface area (Å²) in [4.78, 5) is 0. The molecule has 2 rings (SSSR count). The van der Waals surface area contributed by atoms with Gasteiger partial charge in [-0.3, -0.25) is 0 Å². The van der Waals surface area contributed by atoms with Crippen LogP contribution in [0.5, 0.6) is 0 Å². The Hall–Kier alpha value is -1.27. The molecule has 0 N–H and O–H groups in total. The van der Waals surface area contributed by atoms with Gasteiger partial charge in [-0.25, -0.2) is 0 Å². The molecule has 0 atom stereocenters. The van der Waals surface area contributed by atoms with Gasteiger partial charge in [-0.15, -0.1) is 0 Å². The molecule has 0 aliphatic rings. The van der Waals surface area contributed by atoms with Crippen molar-refractivity contribution in [1.82, 2.24) is 0 Å². The van der Waals surface area contributed by atoms with Crippen LogP contribution < -0.4 is 0 Å². The Balaban J connectivity index is 2.07. The highest BCUT2D eigenvalue weighted by molar-refractivity contribution is 6.30. The van der Waals surface area contributed by atoms with E-state index in [1.165, 1.54) is 22.3 Å². The van der Waals surface area contributed by atoms with Gasteiger partial charge in [0, 0.05) is 5.02 Å². The highest BCUT2D eigenvalue weighted by atomic mass is 35.5. The Labute approximate surface area is 108 Å². The van der Waals surface area contributed by atoms with Crippen LogP contribution in [0.1, 0.15) is 22.3 Å². The fraction of sp³-hybridized carbons (Fsp3) is 0.250. The summed E-state index contributed by atoms with van der Waals surface area (Å²) in [7, 11) is 0. The average molecular weight is 245 g/mol. The van der Waals surface area contributed by atoms with Crippen LogP contribution in [-0.2, 0) is 12.8 Å². The van der Waals surface area contributed by atoms with E-state index in [0.29, 0.717) is 0 Å². The van der Waals surface area contributed by atoms with Gasteiger partial charge in [0.25, 0.3) is 0 Å². The molecule has 0 radical (unpaired) electrons. The topological polar surface area (TPSA) is 0 Å². The van der Waals surface area contributed by atoms with E-state index in [9.17, 15) is 0 Å². The first-order chi connectivity index (χ1) is 8.15. The Kier molecular flexibility index (Phi) is 3.86. The van der Waals surface area contributed by atoms with E-state index >= 15 is 0 Å². The van der Waals surface area contributed by atoms with Crippen molar-refractivity contribution in [2.45, 2.75) is 26.7 Å². The fourth-order valence-corrected chi connectivity index (χ4v) is 2.14. The maximum absolute atomic E-state index is 6.02. The lowest BCUT2D eigenvalue weighted by Crippen LogP contribution is -1.94. The molecule has 0 fully saturated rings. The van der Waals surface area contributed by atoms with Gasteiger partial charge in [0.2, 0.25) is 0 Å². The number of rotatable bonds is 3. The van der Waals surface area contributed by atoms with Crippen molar-refractivity contribution in [2.24, 2.45) is 0 Å². The zero-order chi connectivity index (χ0) is 12.3. The molecule has 0 aliphatic heterocycles. The Bertz CT molecular complexity index is 497. The fourth-order valence-electron chi connectivity index (χ4n) is 1.94. The van der Waals surface area contributed by atoms with Gasteiger partial charge < -0.3 is 0 Å². The van der Waals surface area contributed by atoms with Crippen LogP contribution in [0.25, 0.3) is 0 Å². The van der Waals surface area contributed by atoms with E-state index in [-0.39, 0.29) is 0 Å². The third-order valence-corrected chi connectivity index (χ3v) is 3.35. The molecule has 0 amide bonds. The number of hydrogen-bond donors (Lipinski definition) is 0. The van der Waals surface area contributed by atoms with E-state index < -0.39 is 0 Å². The molecule has 2 aromatic carbocycles. The number of benzene rings is 2. The Morgan fingerprint density at radius 1 is 0.882 bits per heavy atom. The SMILES string of the molecule is Cc1ccc(CCc2cc(Cl)ccc2C)cc1. The summed E-state index contributed by atoms with van der Waals surface area (Å²) >= 11 is 6.02. The standard InChI is InChI=1S/C16H17Cl/c1-12-3-6-14(7-4-12)8-9-15-11-16(17)10-5-13(15)2/h3-7,10-11H,8-9H2,1-2H3. The molecule has 0 aliphatic carbocycles. The molecule has 1 heteroatoms. The van der Waals surface area contributed by atoms with Crippen molar-refractivity contribution in [3.63, 3.8) is 0 Å². The van der Waals surface area contributed by atoms with Gasteiger partial charge in [-0.1, -0.05) is 47.5 Å². The minimum absolute atomic E-state index is 0.828. The molecule has 0 spiro atoms. The summed E-state index contributed by atoms with van der Waals surface area (Å²) in [5, 5.41) is 0.828.